The van der Waals surface area contributed by atoms with E-state index in [1.165, 1.54) is 0 Å². The molecule has 0 heterocycles. The van der Waals surface area contributed by atoms with Crippen LogP contribution in [0, 0.1) is 6.92 Å². The average molecular weight is 295 g/mol. The maximum atomic E-state index is 11.8. The van der Waals surface area contributed by atoms with E-state index in [1.807, 2.05) is 31.2 Å². The minimum Gasteiger partial charge on any atom is -0.481 e. The molecule has 0 saturated heterocycles. The smallest absolute Gasteiger partial charge is 0.315 e. The predicted molar refractivity (Wildman–Crippen MR) is 81.5 cm³/mol. The van der Waals surface area contributed by atoms with Crippen LogP contribution in [-0.2, 0) is 19.7 Å². The normalized spacial score (nSPS) is 13.9. The van der Waals surface area contributed by atoms with Gasteiger partial charge in [-0.1, -0.05) is 24.3 Å². The molecule has 5 heteroatoms. The maximum absolute atomic E-state index is 11.8. The highest BCUT2D eigenvalue weighted by molar-refractivity contribution is 5.82. The van der Waals surface area contributed by atoms with Gasteiger partial charge in [0, 0.05) is 33.5 Å². The first-order chi connectivity index (χ1) is 10.1. The molecule has 1 unspecified atom stereocenters. The SMILES string of the molecule is COCCCOCCC(CN)(C(=O)O)c1ccccc1C. The molecule has 1 aromatic rings. The molecule has 0 amide bonds. The summed E-state index contributed by atoms with van der Waals surface area (Å²) in [6, 6.07) is 7.47. The van der Waals surface area contributed by atoms with E-state index >= 15 is 0 Å². The quantitative estimate of drug-likeness (QED) is 0.642. The molecule has 0 saturated carbocycles. The van der Waals surface area contributed by atoms with Crippen molar-refractivity contribution in [3.05, 3.63) is 35.4 Å². The van der Waals surface area contributed by atoms with Crippen molar-refractivity contribution in [3.63, 3.8) is 0 Å². The third-order valence-electron chi connectivity index (χ3n) is 3.73. The summed E-state index contributed by atoms with van der Waals surface area (Å²) in [7, 11) is 1.64. The monoisotopic (exact) mass is 295 g/mol. The Balaban J connectivity index is 2.76. The van der Waals surface area contributed by atoms with Gasteiger partial charge < -0.3 is 20.3 Å². The summed E-state index contributed by atoms with van der Waals surface area (Å²) < 4.78 is 10.4. The Bertz CT molecular complexity index is 450. The van der Waals surface area contributed by atoms with E-state index in [-0.39, 0.29) is 6.54 Å². The van der Waals surface area contributed by atoms with E-state index in [9.17, 15) is 9.90 Å². The zero-order valence-electron chi connectivity index (χ0n) is 12.8. The number of carboxylic acids is 1. The Morgan fingerprint density at radius 3 is 2.57 bits per heavy atom. The number of methoxy groups -OCH3 is 1. The molecule has 1 aromatic carbocycles. The summed E-state index contributed by atoms with van der Waals surface area (Å²) >= 11 is 0. The molecule has 0 aliphatic carbocycles. The Kier molecular flexibility index (Phi) is 7.36. The molecule has 3 N–H and O–H groups in total. The highest BCUT2D eigenvalue weighted by atomic mass is 16.5. The van der Waals surface area contributed by atoms with Crippen molar-refractivity contribution >= 4 is 5.97 Å². The van der Waals surface area contributed by atoms with Gasteiger partial charge in [0.25, 0.3) is 0 Å². The van der Waals surface area contributed by atoms with Crippen LogP contribution in [0.3, 0.4) is 0 Å². The van der Waals surface area contributed by atoms with Crippen molar-refractivity contribution in [1.29, 1.82) is 0 Å². The largest absolute Gasteiger partial charge is 0.481 e. The van der Waals surface area contributed by atoms with Gasteiger partial charge in [-0.2, -0.15) is 0 Å². The fourth-order valence-corrected chi connectivity index (χ4v) is 2.42. The molecule has 0 bridgehead atoms. The van der Waals surface area contributed by atoms with Crippen LogP contribution in [0.1, 0.15) is 24.0 Å². The molecule has 5 nitrogen and oxygen atoms in total. The van der Waals surface area contributed by atoms with Crippen molar-refractivity contribution in [3.8, 4) is 0 Å². The van der Waals surface area contributed by atoms with Crippen molar-refractivity contribution < 1.29 is 19.4 Å². The van der Waals surface area contributed by atoms with Crippen molar-refractivity contribution in [2.45, 2.75) is 25.2 Å². The van der Waals surface area contributed by atoms with Crippen molar-refractivity contribution in [2.24, 2.45) is 5.73 Å². The Hall–Kier alpha value is -1.43. The van der Waals surface area contributed by atoms with E-state index in [1.54, 1.807) is 7.11 Å². The van der Waals surface area contributed by atoms with Crippen LogP contribution in [0.4, 0.5) is 0 Å². The van der Waals surface area contributed by atoms with Gasteiger partial charge in [-0.15, -0.1) is 0 Å². The fourth-order valence-electron chi connectivity index (χ4n) is 2.42. The third-order valence-corrected chi connectivity index (χ3v) is 3.73. The summed E-state index contributed by atoms with van der Waals surface area (Å²) in [6.07, 6.45) is 1.15. The Morgan fingerprint density at radius 2 is 2.00 bits per heavy atom. The Morgan fingerprint density at radius 1 is 1.29 bits per heavy atom. The molecule has 21 heavy (non-hydrogen) atoms. The Labute approximate surface area is 126 Å². The van der Waals surface area contributed by atoms with Crippen LogP contribution < -0.4 is 5.73 Å². The van der Waals surface area contributed by atoms with Crippen LogP contribution in [0.25, 0.3) is 0 Å². The van der Waals surface area contributed by atoms with Gasteiger partial charge >= 0.3 is 5.97 Å². The highest BCUT2D eigenvalue weighted by Crippen LogP contribution is 2.30. The van der Waals surface area contributed by atoms with Crippen molar-refractivity contribution in [1.82, 2.24) is 0 Å². The van der Waals surface area contributed by atoms with Gasteiger partial charge in [0.05, 0.1) is 0 Å². The lowest BCUT2D eigenvalue weighted by atomic mass is 9.76. The lowest BCUT2D eigenvalue weighted by Gasteiger charge is -2.30. The highest BCUT2D eigenvalue weighted by Gasteiger charge is 2.39. The zero-order valence-corrected chi connectivity index (χ0v) is 12.8. The molecular weight excluding hydrogens is 270 g/mol. The number of hydrogen-bond acceptors (Lipinski definition) is 4. The number of benzene rings is 1. The average Bonchev–Trinajstić information content (AvgIpc) is 2.48. The van der Waals surface area contributed by atoms with Gasteiger partial charge in [0.15, 0.2) is 0 Å². The molecular formula is C16H25NO4. The topological polar surface area (TPSA) is 81.8 Å². The summed E-state index contributed by atoms with van der Waals surface area (Å²) in [5, 5.41) is 9.69. The fraction of sp³-hybridized carbons (Fsp3) is 0.562. The van der Waals surface area contributed by atoms with Crippen LogP contribution in [-0.4, -0.2) is 44.6 Å². The summed E-state index contributed by atoms with van der Waals surface area (Å²) in [4.78, 5) is 11.8. The van der Waals surface area contributed by atoms with Gasteiger partial charge in [-0.3, -0.25) is 4.79 Å². The first-order valence-corrected chi connectivity index (χ1v) is 7.14. The number of rotatable bonds is 10. The number of aryl methyl sites for hydroxylation is 1. The number of hydrogen-bond donors (Lipinski definition) is 2. The first kappa shape index (κ1) is 17.6. The number of nitrogens with two attached hydrogens (primary N) is 1. The molecule has 0 aliphatic rings. The molecule has 1 atom stereocenters. The number of carboxylic acid groups (broad SMARTS) is 1. The lowest BCUT2D eigenvalue weighted by molar-refractivity contribution is -0.144. The molecule has 118 valence electrons. The maximum Gasteiger partial charge on any atom is 0.315 e. The lowest BCUT2D eigenvalue weighted by Crippen LogP contribution is -2.44. The second-order valence-corrected chi connectivity index (χ2v) is 5.12. The van der Waals surface area contributed by atoms with Crippen LogP contribution in [0.5, 0.6) is 0 Å². The van der Waals surface area contributed by atoms with E-state index in [2.05, 4.69) is 0 Å². The van der Waals surface area contributed by atoms with E-state index < -0.39 is 11.4 Å². The van der Waals surface area contributed by atoms with Crippen LogP contribution in [0.2, 0.25) is 0 Å². The number of aliphatic carboxylic acids is 1. The predicted octanol–water partition coefficient (Wildman–Crippen LogP) is 1.72. The van der Waals surface area contributed by atoms with Gasteiger partial charge in [0.1, 0.15) is 5.41 Å². The standard InChI is InChI=1S/C16H25NO4/c1-13-6-3-4-7-14(13)16(12-17,15(18)19)8-11-21-10-5-9-20-2/h3-4,6-7H,5,8-12,17H2,1-2H3,(H,18,19). The number of ether oxygens (including phenoxy) is 2. The van der Waals surface area contributed by atoms with Gasteiger partial charge in [0.2, 0.25) is 0 Å². The number of carbonyl (C=O) groups is 1. The third kappa shape index (κ3) is 4.52. The van der Waals surface area contributed by atoms with E-state index in [0.717, 1.165) is 17.5 Å². The molecule has 0 aliphatic heterocycles. The first-order valence-electron chi connectivity index (χ1n) is 7.14. The minimum absolute atomic E-state index is 0.0502. The van der Waals surface area contributed by atoms with Gasteiger partial charge in [-0.25, -0.2) is 0 Å². The summed E-state index contributed by atoms with van der Waals surface area (Å²) in [6.45, 7) is 3.51. The molecule has 1 rings (SSSR count). The summed E-state index contributed by atoms with van der Waals surface area (Å²) in [5.41, 5.74) is 6.42. The molecule has 0 spiro atoms. The van der Waals surface area contributed by atoms with Crippen molar-refractivity contribution in [2.75, 3.05) is 33.5 Å². The molecule has 0 aromatic heterocycles. The molecule has 0 radical (unpaired) electrons. The molecule has 0 fully saturated rings. The van der Waals surface area contributed by atoms with Crippen LogP contribution in [0.15, 0.2) is 24.3 Å². The van der Waals surface area contributed by atoms with E-state index in [4.69, 9.17) is 15.2 Å². The van der Waals surface area contributed by atoms with E-state index in [0.29, 0.717) is 26.2 Å². The van der Waals surface area contributed by atoms with Crippen LogP contribution >= 0.6 is 0 Å². The zero-order chi connectivity index (χ0) is 15.7. The second kappa shape index (κ2) is 8.77. The summed E-state index contributed by atoms with van der Waals surface area (Å²) in [5.74, 6) is -0.903. The minimum atomic E-state index is -1.09. The second-order valence-electron chi connectivity index (χ2n) is 5.12. The van der Waals surface area contributed by atoms with Gasteiger partial charge in [-0.05, 0) is 30.9 Å².